The lowest BCUT2D eigenvalue weighted by atomic mass is 11.0. The molecule has 0 saturated carbocycles. The summed E-state index contributed by atoms with van der Waals surface area (Å²) in [6.45, 7) is 0. The van der Waals surface area contributed by atoms with Crippen LogP contribution in [0, 0.1) is 6.39 Å². The summed E-state index contributed by atoms with van der Waals surface area (Å²) < 4.78 is 4.35. The van der Waals surface area contributed by atoms with Crippen molar-refractivity contribution in [1.29, 1.82) is 0 Å². The maximum Gasteiger partial charge on any atom is 0.283 e. The number of oxazole rings is 1. The molecular formula is C6H6N3O. The van der Waals surface area contributed by atoms with Crippen LogP contribution in [0.25, 0.3) is 0 Å². The van der Waals surface area contributed by atoms with Gasteiger partial charge in [0.2, 0.25) is 0 Å². The smallest absolute Gasteiger partial charge is 0.283 e. The molecule has 0 aliphatic carbocycles. The number of nitrogens with zero attached hydrogens (tertiary/aromatic N) is 2. The van der Waals surface area contributed by atoms with Crippen LogP contribution in [0.5, 0.6) is 0 Å². The van der Waals surface area contributed by atoms with Gasteiger partial charge in [-0.3, -0.25) is 0 Å². The van der Waals surface area contributed by atoms with Crippen molar-refractivity contribution in [2.45, 2.75) is 0 Å². The van der Waals surface area contributed by atoms with E-state index < -0.39 is 0 Å². The quantitative estimate of drug-likeness (QED) is 0.585. The molecule has 1 radical (unpaired) electrons. The Morgan fingerprint density at radius 1 is 1.40 bits per heavy atom. The van der Waals surface area contributed by atoms with Crippen molar-refractivity contribution >= 4 is 0 Å². The van der Waals surface area contributed by atoms with Gasteiger partial charge in [0.15, 0.2) is 0 Å². The van der Waals surface area contributed by atoms with E-state index in [0.717, 1.165) is 0 Å². The molecule has 4 nitrogen and oxygen atoms in total. The van der Waals surface area contributed by atoms with E-state index in [4.69, 9.17) is 0 Å². The van der Waals surface area contributed by atoms with E-state index in [-0.39, 0.29) is 0 Å². The summed E-state index contributed by atoms with van der Waals surface area (Å²) >= 11 is 0. The van der Waals surface area contributed by atoms with E-state index >= 15 is 0 Å². The van der Waals surface area contributed by atoms with Crippen molar-refractivity contribution in [1.82, 2.24) is 15.0 Å². The number of hydrogen-bond acceptors (Lipinski definition) is 3. The molecule has 2 aromatic rings. The monoisotopic (exact) mass is 136 g/mol. The van der Waals surface area contributed by atoms with Gasteiger partial charge in [0.1, 0.15) is 6.26 Å². The summed E-state index contributed by atoms with van der Waals surface area (Å²) in [6, 6.07) is 0. The number of H-pyrrole nitrogens is 1. The van der Waals surface area contributed by atoms with Crippen LogP contribution in [0.2, 0.25) is 0 Å². The second-order valence-corrected chi connectivity index (χ2v) is 1.38. The molecule has 51 valence electrons. The molecule has 0 saturated heterocycles. The van der Waals surface area contributed by atoms with Gasteiger partial charge < -0.3 is 9.40 Å². The van der Waals surface area contributed by atoms with Crippen LogP contribution >= 0.6 is 0 Å². The standard InChI is InChI=1S/C3H4N2.C3H2NO/c2*1-2-5-3-4-1/h1-3H,(H,4,5);1-2H. The molecule has 2 rings (SSSR count). The fourth-order valence-electron chi connectivity index (χ4n) is 0.367. The predicted molar refractivity (Wildman–Crippen MR) is 33.9 cm³/mol. The Hall–Kier alpha value is -1.58. The lowest BCUT2D eigenvalue weighted by molar-refractivity contribution is 0.548. The average Bonchev–Trinajstić information content (AvgIpc) is 2.67. The molecule has 0 bridgehead atoms. The molecule has 0 spiro atoms. The molecule has 4 heteroatoms. The number of aromatic amines is 1. The molecule has 0 amide bonds. The summed E-state index contributed by atoms with van der Waals surface area (Å²) in [5.74, 6) is 0. The lowest BCUT2D eigenvalue weighted by Gasteiger charge is -1.46. The summed E-state index contributed by atoms with van der Waals surface area (Å²) in [5, 5.41) is 0. The number of rotatable bonds is 0. The van der Waals surface area contributed by atoms with Crippen molar-refractivity contribution in [2.75, 3.05) is 0 Å². The third kappa shape index (κ3) is 2.66. The van der Waals surface area contributed by atoms with Gasteiger partial charge >= 0.3 is 0 Å². The highest BCUT2D eigenvalue weighted by molar-refractivity contribution is 4.64. The highest BCUT2D eigenvalue weighted by Gasteiger charge is 1.62. The number of aromatic nitrogens is 3. The summed E-state index contributed by atoms with van der Waals surface area (Å²) in [7, 11) is 0. The Kier molecular flexibility index (Phi) is 2.82. The molecule has 1 N–H and O–H groups in total. The number of nitrogens with one attached hydrogen (secondary N) is 1. The number of imidazole rings is 1. The van der Waals surface area contributed by atoms with E-state index in [1.165, 1.54) is 12.5 Å². The van der Waals surface area contributed by atoms with Gasteiger partial charge in [-0.1, -0.05) is 0 Å². The highest BCUT2D eigenvalue weighted by Crippen LogP contribution is 1.70. The fraction of sp³-hybridized carbons (Fsp3) is 0. The zero-order chi connectivity index (χ0) is 7.07. The van der Waals surface area contributed by atoms with Gasteiger partial charge in [0.05, 0.1) is 12.5 Å². The van der Waals surface area contributed by atoms with E-state index in [0.29, 0.717) is 0 Å². The van der Waals surface area contributed by atoms with Crippen LogP contribution < -0.4 is 0 Å². The predicted octanol–water partition coefficient (Wildman–Crippen LogP) is 0.884. The van der Waals surface area contributed by atoms with E-state index in [2.05, 4.69) is 25.8 Å². The van der Waals surface area contributed by atoms with Crippen molar-refractivity contribution < 1.29 is 4.42 Å². The lowest BCUT2D eigenvalue weighted by Crippen LogP contribution is -1.44. The largest absolute Gasteiger partial charge is 0.441 e. The van der Waals surface area contributed by atoms with Crippen LogP contribution in [-0.2, 0) is 0 Å². The maximum absolute atomic E-state index is 4.35. The zero-order valence-corrected chi connectivity index (χ0v) is 5.19. The Bertz CT molecular complexity index is 152. The first-order valence-electron chi connectivity index (χ1n) is 2.68. The Balaban J connectivity index is 0.0000001000. The van der Waals surface area contributed by atoms with Crippen molar-refractivity contribution in [3.63, 3.8) is 0 Å². The maximum atomic E-state index is 4.35. The van der Waals surface area contributed by atoms with Gasteiger partial charge in [0, 0.05) is 12.4 Å². The van der Waals surface area contributed by atoms with Gasteiger partial charge in [-0.15, -0.1) is 0 Å². The summed E-state index contributed by atoms with van der Waals surface area (Å²) in [5.41, 5.74) is 0. The van der Waals surface area contributed by atoms with Crippen molar-refractivity contribution in [3.8, 4) is 0 Å². The van der Waals surface area contributed by atoms with Crippen LogP contribution in [0.1, 0.15) is 0 Å². The second kappa shape index (κ2) is 4.31. The Morgan fingerprint density at radius 2 is 2.40 bits per heavy atom. The minimum absolute atomic E-state index is 1.46. The van der Waals surface area contributed by atoms with Gasteiger partial charge in [-0.2, -0.15) is 0 Å². The van der Waals surface area contributed by atoms with Crippen molar-refractivity contribution in [2.24, 2.45) is 0 Å². The molecule has 2 heterocycles. The second-order valence-electron chi connectivity index (χ2n) is 1.38. The normalized spacial score (nSPS) is 8.00. The minimum Gasteiger partial charge on any atom is -0.441 e. The molecule has 0 aliphatic heterocycles. The van der Waals surface area contributed by atoms with Crippen LogP contribution in [-0.4, -0.2) is 15.0 Å². The first-order valence-corrected chi connectivity index (χ1v) is 2.68. The first-order chi connectivity index (χ1) is 5.00. The van der Waals surface area contributed by atoms with Crippen LogP contribution in [0.3, 0.4) is 0 Å². The Labute approximate surface area is 57.9 Å². The number of hydrogen-bond donors (Lipinski definition) is 1. The fourth-order valence-corrected chi connectivity index (χ4v) is 0.367. The molecule has 0 atom stereocenters. The topological polar surface area (TPSA) is 54.7 Å². The first kappa shape index (κ1) is 6.54. The van der Waals surface area contributed by atoms with Crippen LogP contribution in [0.4, 0.5) is 0 Å². The van der Waals surface area contributed by atoms with Gasteiger partial charge in [0.25, 0.3) is 6.39 Å². The van der Waals surface area contributed by atoms with Crippen LogP contribution in [0.15, 0.2) is 35.6 Å². The summed E-state index contributed by atoms with van der Waals surface area (Å²) in [4.78, 5) is 9.85. The third-order valence-corrected chi connectivity index (χ3v) is 0.715. The van der Waals surface area contributed by atoms with Crippen molar-refractivity contribution in [3.05, 3.63) is 37.6 Å². The third-order valence-electron chi connectivity index (χ3n) is 0.715. The minimum atomic E-state index is 1.46. The van der Waals surface area contributed by atoms with E-state index in [1.54, 1.807) is 18.7 Å². The average molecular weight is 136 g/mol. The van der Waals surface area contributed by atoms with Gasteiger partial charge in [-0.25, -0.2) is 9.97 Å². The molecule has 10 heavy (non-hydrogen) atoms. The Morgan fingerprint density at radius 3 is 2.60 bits per heavy atom. The molecule has 0 aromatic carbocycles. The summed E-state index contributed by atoms with van der Waals surface area (Å²) in [6.07, 6.45) is 10.3. The molecule has 0 fully saturated rings. The molecule has 0 aliphatic rings. The molecular weight excluding hydrogens is 130 g/mol. The van der Waals surface area contributed by atoms with Gasteiger partial charge in [-0.05, 0) is 0 Å². The molecule has 2 aromatic heterocycles. The van der Waals surface area contributed by atoms with E-state index in [9.17, 15) is 0 Å². The zero-order valence-electron chi connectivity index (χ0n) is 5.19. The molecule has 0 unspecified atom stereocenters. The van der Waals surface area contributed by atoms with E-state index in [1.807, 2.05) is 0 Å². The highest BCUT2D eigenvalue weighted by atomic mass is 16.3. The SMILES string of the molecule is [c]1ncco1.c1c[nH]cn1.